The fourth-order valence-electron chi connectivity index (χ4n) is 3.16. The van der Waals surface area contributed by atoms with Crippen LogP contribution in [0.1, 0.15) is 61.4 Å². The van der Waals surface area contributed by atoms with Crippen LogP contribution in [-0.4, -0.2) is 11.6 Å². The number of aryl methyl sites for hydroxylation is 1. The summed E-state index contributed by atoms with van der Waals surface area (Å²) >= 11 is 1.75. The summed E-state index contributed by atoms with van der Waals surface area (Å²) in [4.78, 5) is 6.02. The number of benzene rings is 2. The van der Waals surface area contributed by atoms with Gasteiger partial charge < -0.3 is 9.47 Å². The molecule has 0 saturated heterocycles. The van der Waals surface area contributed by atoms with Crippen LogP contribution in [0, 0.1) is 18.3 Å². The van der Waals surface area contributed by atoms with Gasteiger partial charge in [0.2, 0.25) is 0 Å². The number of hydrogen-bond acceptors (Lipinski definition) is 5. The number of hydrogen-bond donors (Lipinski definition) is 0. The van der Waals surface area contributed by atoms with Crippen molar-refractivity contribution in [1.82, 2.24) is 4.98 Å². The van der Waals surface area contributed by atoms with Crippen molar-refractivity contribution in [3.8, 4) is 34.6 Å². The average molecular weight is 421 g/mol. The van der Waals surface area contributed by atoms with Crippen molar-refractivity contribution < 1.29 is 9.47 Å². The molecule has 0 bridgehead atoms. The summed E-state index contributed by atoms with van der Waals surface area (Å²) in [7, 11) is 0. The molecule has 5 heteroatoms. The zero-order valence-corrected chi connectivity index (χ0v) is 18.9. The van der Waals surface area contributed by atoms with E-state index in [0.717, 1.165) is 35.5 Å². The van der Waals surface area contributed by atoms with E-state index in [4.69, 9.17) is 14.5 Å². The van der Waals surface area contributed by atoms with E-state index in [1.54, 1.807) is 29.5 Å². The Morgan fingerprint density at radius 3 is 2.50 bits per heavy atom. The fourth-order valence-corrected chi connectivity index (χ4v) is 4.11. The van der Waals surface area contributed by atoms with Crippen molar-refractivity contribution in [2.24, 2.45) is 0 Å². The Morgan fingerprint density at radius 2 is 1.83 bits per heavy atom. The second-order valence-electron chi connectivity index (χ2n) is 7.56. The van der Waals surface area contributed by atoms with E-state index in [2.05, 4.69) is 26.8 Å². The monoisotopic (exact) mass is 420 g/mol. The first-order valence-electron chi connectivity index (χ1n) is 10.4. The molecule has 0 radical (unpaired) electrons. The zero-order valence-electron chi connectivity index (χ0n) is 18.1. The van der Waals surface area contributed by atoms with Crippen molar-refractivity contribution in [1.29, 1.82) is 5.26 Å². The molecule has 0 amide bonds. The SMILES string of the molecule is CCCCCOc1ccc(C#N)cc1Oc1ccc(-c2nc(C)sc2C(C)C)cc1. The third-order valence-corrected chi connectivity index (χ3v) is 5.99. The summed E-state index contributed by atoms with van der Waals surface area (Å²) in [6.07, 6.45) is 3.27. The largest absolute Gasteiger partial charge is 0.490 e. The van der Waals surface area contributed by atoms with Crippen LogP contribution in [0.15, 0.2) is 42.5 Å². The minimum atomic E-state index is 0.434. The Bertz CT molecular complexity index is 1020. The van der Waals surface area contributed by atoms with Crippen molar-refractivity contribution >= 4 is 11.3 Å². The molecule has 0 fully saturated rings. The van der Waals surface area contributed by atoms with Crippen LogP contribution in [-0.2, 0) is 0 Å². The van der Waals surface area contributed by atoms with E-state index in [9.17, 15) is 5.26 Å². The molecule has 0 aliphatic heterocycles. The number of nitrogens with zero attached hydrogens (tertiary/aromatic N) is 2. The van der Waals surface area contributed by atoms with Crippen molar-refractivity contribution in [3.63, 3.8) is 0 Å². The number of nitriles is 1. The lowest BCUT2D eigenvalue weighted by Gasteiger charge is -2.13. The molecular formula is C25H28N2O2S. The third kappa shape index (κ3) is 5.40. The van der Waals surface area contributed by atoms with Crippen LogP contribution < -0.4 is 9.47 Å². The topological polar surface area (TPSA) is 55.1 Å². The molecule has 30 heavy (non-hydrogen) atoms. The van der Waals surface area contributed by atoms with Crippen LogP contribution >= 0.6 is 11.3 Å². The third-order valence-electron chi connectivity index (χ3n) is 4.72. The van der Waals surface area contributed by atoms with Gasteiger partial charge in [0.15, 0.2) is 11.5 Å². The molecule has 3 aromatic rings. The van der Waals surface area contributed by atoms with E-state index in [1.165, 1.54) is 4.88 Å². The Balaban J connectivity index is 1.80. The zero-order chi connectivity index (χ0) is 21.5. The molecule has 1 aromatic heterocycles. The highest BCUT2D eigenvalue weighted by atomic mass is 32.1. The van der Waals surface area contributed by atoms with Crippen LogP contribution in [0.2, 0.25) is 0 Å². The molecular weight excluding hydrogens is 392 g/mol. The maximum absolute atomic E-state index is 9.25. The van der Waals surface area contributed by atoms with E-state index in [0.29, 0.717) is 35.3 Å². The Morgan fingerprint density at radius 1 is 1.07 bits per heavy atom. The molecule has 3 rings (SSSR count). The maximum Gasteiger partial charge on any atom is 0.170 e. The first-order valence-corrected chi connectivity index (χ1v) is 11.3. The summed E-state index contributed by atoms with van der Waals surface area (Å²) in [6.45, 7) is 9.23. The minimum Gasteiger partial charge on any atom is -0.490 e. The smallest absolute Gasteiger partial charge is 0.170 e. The molecule has 156 valence electrons. The van der Waals surface area contributed by atoms with Gasteiger partial charge in [-0.05, 0) is 55.7 Å². The summed E-state index contributed by atoms with van der Waals surface area (Å²) in [5.74, 6) is 2.35. The number of thiazole rings is 1. The van der Waals surface area contributed by atoms with Crippen LogP contribution in [0.5, 0.6) is 17.2 Å². The van der Waals surface area contributed by atoms with Gasteiger partial charge in [0.05, 0.1) is 28.9 Å². The Hall–Kier alpha value is -2.84. The Labute approximate surface area is 183 Å². The second-order valence-corrected chi connectivity index (χ2v) is 8.79. The van der Waals surface area contributed by atoms with Gasteiger partial charge in [-0.1, -0.05) is 33.6 Å². The second kappa shape index (κ2) is 10.3. The van der Waals surface area contributed by atoms with Gasteiger partial charge >= 0.3 is 0 Å². The molecule has 1 heterocycles. The molecule has 0 saturated carbocycles. The van der Waals surface area contributed by atoms with Gasteiger partial charge in [0, 0.05) is 16.5 Å². The molecule has 0 N–H and O–H groups in total. The predicted octanol–water partition coefficient (Wildman–Crippen LogP) is 7.47. The van der Waals surface area contributed by atoms with Crippen molar-refractivity contribution in [2.45, 2.75) is 52.9 Å². The number of rotatable bonds is 9. The van der Waals surface area contributed by atoms with Crippen molar-refractivity contribution in [3.05, 3.63) is 57.9 Å². The minimum absolute atomic E-state index is 0.434. The Kier molecular flexibility index (Phi) is 7.48. The molecule has 0 spiro atoms. The average Bonchev–Trinajstić information content (AvgIpc) is 3.14. The number of unbranched alkanes of at least 4 members (excludes halogenated alkanes) is 2. The molecule has 0 unspecified atom stereocenters. The first-order chi connectivity index (χ1) is 14.5. The van der Waals surface area contributed by atoms with Gasteiger partial charge in [-0.2, -0.15) is 5.26 Å². The quantitative estimate of drug-likeness (QED) is 0.337. The van der Waals surface area contributed by atoms with Gasteiger partial charge in [-0.3, -0.25) is 0 Å². The lowest BCUT2D eigenvalue weighted by molar-refractivity contribution is 0.292. The molecule has 0 aliphatic rings. The lowest BCUT2D eigenvalue weighted by atomic mass is 10.1. The van der Waals surface area contributed by atoms with E-state index in [1.807, 2.05) is 31.2 Å². The van der Waals surface area contributed by atoms with E-state index >= 15 is 0 Å². The summed E-state index contributed by atoms with van der Waals surface area (Å²) < 4.78 is 12.0. The van der Waals surface area contributed by atoms with Crippen LogP contribution in [0.3, 0.4) is 0 Å². The maximum atomic E-state index is 9.25. The highest BCUT2D eigenvalue weighted by Crippen LogP contribution is 2.36. The van der Waals surface area contributed by atoms with Crippen LogP contribution in [0.4, 0.5) is 0 Å². The summed E-state index contributed by atoms with van der Waals surface area (Å²) in [6, 6.07) is 15.4. The first kappa shape index (κ1) is 21.9. The van der Waals surface area contributed by atoms with Gasteiger partial charge in [0.1, 0.15) is 5.75 Å². The fraction of sp³-hybridized carbons (Fsp3) is 0.360. The van der Waals surface area contributed by atoms with Gasteiger partial charge in [-0.15, -0.1) is 11.3 Å². The van der Waals surface area contributed by atoms with Gasteiger partial charge in [0.25, 0.3) is 0 Å². The standard InChI is InChI=1S/C25H28N2O2S/c1-5-6-7-14-28-22-13-8-19(16-26)15-23(22)29-21-11-9-20(10-12-21)24-25(17(2)3)30-18(4)27-24/h8-13,15,17H,5-7,14H2,1-4H3. The number of aromatic nitrogens is 1. The summed E-state index contributed by atoms with van der Waals surface area (Å²) in [5.41, 5.74) is 2.67. The van der Waals surface area contributed by atoms with E-state index in [-0.39, 0.29) is 0 Å². The van der Waals surface area contributed by atoms with Crippen LogP contribution in [0.25, 0.3) is 11.3 Å². The molecule has 0 aliphatic carbocycles. The molecule has 0 atom stereocenters. The lowest BCUT2D eigenvalue weighted by Crippen LogP contribution is -1.99. The van der Waals surface area contributed by atoms with Crippen molar-refractivity contribution in [2.75, 3.05) is 6.61 Å². The molecule has 4 nitrogen and oxygen atoms in total. The normalized spacial score (nSPS) is 10.8. The van der Waals surface area contributed by atoms with E-state index < -0.39 is 0 Å². The highest BCUT2D eigenvalue weighted by Gasteiger charge is 2.15. The highest BCUT2D eigenvalue weighted by molar-refractivity contribution is 7.12. The molecule has 2 aromatic carbocycles. The number of ether oxygens (including phenoxy) is 2. The summed E-state index contributed by atoms with van der Waals surface area (Å²) in [5, 5.41) is 10.3. The van der Waals surface area contributed by atoms with Gasteiger partial charge in [-0.25, -0.2) is 4.98 Å². The predicted molar refractivity (Wildman–Crippen MR) is 123 cm³/mol.